The van der Waals surface area contributed by atoms with E-state index in [-0.39, 0.29) is 0 Å². The maximum Gasteiger partial charge on any atom is 0.472 e. The van der Waals surface area contributed by atoms with E-state index in [1.807, 2.05) is 0 Å². The molecule has 5 amide bonds. The van der Waals surface area contributed by atoms with E-state index in [4.69, 9.17) is 104 Å². The van der Waals surface area contributed by atoms with Gasteiger partial charge in [-0.1, -0.05) is 0 Å². The lowest BCUT2D eigenvalue weighted by Crippen LogP contribution is -2.71. The lowest BCUT2D eigenvalue weighted by atomic mass is 9.93. The number of hydrogen-bond acceptors (Lipinski definition) is 60. The summed E-state index contributed by atoms with van der Waals surface area (Å²) in [4.78, 5) is 76.8. The van der Waals surface area contributed by atoms with Crippen molar-refractivity contribution in [3.05, 3.63) is 0 Å². The van der Waals surface area contributed by atoms with Crippen LogP contribution in [0.25, 0.3) is 0 Å². The highest BCUT2D eigenvalue weighted by atomic mass is 31.2. The second-order valence-corrected chi connectivity index (χ2v) is 38.2. The molecule has 0 aromatic heterocycles. The second-order valence-electron chi connectivity index (χ2n) is 36.8. The molecule has 10 rings (SSSR count). The molecule has 0 aliphatic carbocycles. The van der Waals surface area contributed by atoms with Gasteiger partial charge in [0.2, 0.25) is 29.5 Å². The number of ether oxygens (including phenoxy) is 20. The number of hydrogen-bond donors (Lipinski definition) is 38. The van der Waals surface area contributed by atoms with Crippen LogP contribution < -0.4 is 31.9 Å². The van der Waals surface area contributed by atoms with Crippen LogP contribution >= 0.6 is 7.82 Å². The van der Waals surface area contributed by atoms with Crippen LogP contribution in [0.15, 0.2) is 0 Å². The van der Waals surface area contributed by atoms with Crippen molar-refractivity contribution in [1.29, 1.82) is 0 Å². The molecule has 860 valence electrons. The van der Waals surface area contributed by atoms with Crippen molar-refractivity contribution in [3.63, 3.8) is 0 Å². The first-order chi connectivity index (χ1) is 69.9. The summed E-state index contributed by atoms with van der Waals surface area (Å²) in [5, 5.41) is 364. The highest BCUT2D eigenvalue weighted by Gasteiger charge is 2.63. The van der Waals surface area contributed by atoms with Gasteiger partial charge in [-0.2, -0.15) is 0 Å². The van der Waals surface area contributed by atoms with Gasteiger partial charge in [0.15, 0.2) is 62.9 Å². The Balaban J connectivity index is 1.09. The van der Waals surface area contributed by atoms with E-state index in [0.717, 1.165) is 34.6 Å². The van der Waals surface area contributed by atoms with E-state index < -0.39 is 474 Å². The zero-order valence-electron chi connectivity index (χ0n) is 80.0. The van der Waals surface area contributed by atoms with E-state index in [1.54, 1.807) is 0 Å². The van der Waals surface area contributed by atoms with Gasteiger partial charge in [0.25, 0.3) is 0 Å². The number of aliphatic hydroxyl groups is 31. The smallest absolute Gasteiger partial charge is 0.394 e. The van der Waals surface area contributed by atoms with E-state index >= 15 is 0 Å². The molecule has 0 aromatic carbocycles. The Kier molecular flexibility index (Phi) is 47.8. The van der Waals surface area contributed by atoms with Gasteiger partial charge < -0.3 is 290 Å². The van der Waals surface area contributed by atoms with Crippen molar-refractivity contribution in [2.24, 2.45) is 0 Å². The van der Waals surface area contributed by atoms with Crippen LogP contribution in [0.5, 0.6) is 0 Å². The lowest BCUT2D eigenvalue weighted by molar-refractivity contribution is -0.408. The van der Waals surface area contributed by atoms with Crippen LogP contribution in [0, 0.1) is 0 Å². The third-order valence-corrected chi connectivity index (χ3v) is 26.9. The van der Waals surface area contributed by atoms with Gasteiger partial charge in [-0.15, -0.1) is 0 Å². The number of nitrogens with one attached hydrogen (secondary N) is 6. The van der Waals surface area contributed by atoms with Crippen LogP contribution in [0.3, 0.4) is 0 Å². The van der Waals surface area contributed by atoms with E-state index in [0.29, 0.717) is 0 Å². The fourth-order valence-electron chi connectivity index (χ4n) is 18.0. The van der Waals surface area contributed by atoms with Crippen molar-refractivity contribution in [2.75, 3.05) is 99.0 Å². The summed E-state index contributed by atoms with van der Waals surface area (Å²) in [5.74, 6) is -5.21. The zero-order valence-corrected chi connectivity index (χ0v) is 80.9. The normalized spacial score (nSPS) is 44.6. The van der Waals surface area contributed by atoms with Gasteiger partial charge in [0.05, 0.1) is 98.0 Å². The lowest BCUT2D eigenvalue weighted by Gasteiger charge is -2.52. The summed E-state index contributed by atoms with van der Waals surface area (Å²) in [6, 6.07) is -10.3. The molecule has 0 saturated carbocycles. The van der Waals surface area contributed by atoms with Gasteiger partial charge in [0.1, 0.15) is 262 Å². The number of carbonyl (C=O) groups excluding carboxylic acids is 5. The number of phosphoric ester groups is 1. The SMILES string of the molecule is CC(=O)N[C@H]1[C@H](O[C@@H]([C@H](O)[C@H](CNCCOP(=O)(O)OCC(O)CO)NC(C)=O)[C@H](O)CO[C@@H]2O[C@@H](C)[C@@H](O)[C@@H](O)[C@@H]2O)O[C@H](CO)[C@@H](O[C@@H]2O[C@H](CO[C@H]3O[C@H](CO)[C@@H](O)[C@H](O)[C@@H]3O[C@@H]3O[C@H](CO)[C@@H](O[C@@H]4O[C@H](CO)[C@H](O)[C@H](O)[C@H]4O)[C@H](O)[C@H]3NC(C)=O)[C@@H](O[C@@H]3O[C@H](CO)[C@@H](O)[C@H](O)[C@H]3NC(C)=O)[C@H](O[C@H]3O[C@H](CO)[C@@H](O)[C@H](O)[C@@H]3O[C@@H]3O[C@H](CO)[C@@H](O[C@@H]4O[C@H](CO)[C@H](O)[C@H](O)[C@H]4O)[C@H](O)[C@H]3NC(C)=O)[C@@H]2O)[C@@H]1O. The average Bonchev–Trinajstić information content (AvgIpc) is 0.762. The third kappa shape index (κ3) is 30.5. The van der Waals surface area contributed by atoms with Gasteiger partial charge in [-0.25, -0.2) is 4.57 Å². The summed E-state index contributed by atoms with van der Waals surface area (Å²) >= 11 is 0. The van der Waals surface area contributed by atoms with Crippen molar-refractivity contribution in [3.8, 4) is 0 Å². The van der Waals surface area contributed by atoms with E-state index in [9.17, 15) is 187 Å². The predicted octanol–water partition coefficient (Wildman–Crippen LogP) is -24.5. The van der Waals surface area contributed by atoms with Crippen molar-refractivity contribution in [2.45, 2.75) is 379 Å². The molecule has 10 saturated heterocycles. The van der Waals surface area contributed by atoms with Gasteiger partial charge >= 0.3 is 7.82 Å². The van der Waals surface area contributed by atoms with Crippen molar-refractivity contribution < 1.29 is 296 Å². The first-order valence-corrected chi connectivity index (χ1v) is 48.5. The molecule has 38 N–H and O–H groups in total. The summed E-state index contributed by atoms with van der Waals surface area (Å²) in [7, 11) is -4.96. The second kappa shape index (κ2) is 56.5. The van der Waals surface area contributed by atoms with Crippen LogP contribution in [-0.4, -0.2) is 629 Å². The standard InChI is InChI=1S/C81H141N6O60P/c1-22-44(104)55(115)60(120)76(130-22)126-20-30(103)64(45(105)29(83-23(2)97)9-82-7-8-128-148(124,125)129-19-28(102)10-88)140-73-41(85-25(4)99)52(112)67(38(18-96)136-73)143-79-63(123)69(145-81-71(59(119)50(110)35(15-93)135-81)147-75-43(87-27(6)101)54(114)66(37(17-95)138-75)142-78-62(122)57(117)48(108)33(13-91)133-78)68(144-72-40(84-24(3)98)51(111)46(106)31(11-89)131-72)39(139-79)21-127-80-70(58(118)49(109)34(14-92)134-80)146-74-42(86-26(5)100)53(113)65(36(16-94)137-74)141-77-61(121)56(116)47(107)32(12-90)132-77/h22,28-82,88-96,102-123H,7-21H2,1-6H3,(H,83,97)(H,84,98)(H,85,99)(H,86,100)(H,87,101)(H,124,125)/t22-,28?,29-,30+,31+,32+,33+,34+,35+,36+,37+,38+,39+,40+,41+,42+,43+,44+,45+,46+,47-,48-,49+,50+,51+,52+,53+,54+,55+,56-,57-,58-,59-,60-,61+,62+,63-,64+,65+,66+,67+,68+,69+,70-,71-,72-,73-,74-,75-,76+,77-,78-,79-,80-,81+/m0/s1. The van der Waals surface area contributed by atoms with Crippen LogP contribution in [0.2, 0.25) is 0 Å². The minimum atomic E-state index is -4.96. The highest BCUT2D eigenvalue weighted by Crippen LogP contribution is 2.45. The third-order valence-electron chi connectivity index (χ3n) is 25.9. The largest absolute Gasteiger partial charge is 0.472 e. The quantitative estimate of drug-likeness (QED) is 0.0199. The number of rotatable bonds is 48. The summed E-state index contributed by atoms with van der Waals surface area (Å²) < 4.78 is 144. The Morgan fingerprint density at radius 3 is 1.08 bits per heavy atom. The van der Waals surface area contributed by atoms with Crippen LogP contribution in [0.1, 0.15) is 41.5 Å². The fraction of sp³-hybridized carbons (Fsp3) is 0.938. The monoisotopic (exact) mass is 2190 g/mol. The van der Waals surface area contributed by atoms with E-state index in [1.165, 1.54) is 6.92 Å². The molecule has 0 bridgehead atoms. The van der Waals surface area contributed by atoms with E-state index in [2.05, 4.69) is 36.4 Å². The van der Waals surface area contributed by atoms with Gasteiger partial charge in [-0.3, -0.25) is 33.0 Å². The molecule has 56 atom stereocenters. The molecule has 10 fully saturated rings. The molecule has 0 spiro atoms. The first kappa shape index (κ1) is 125. The molecule has 66 nitrogen and oxygen atoms in total. The molecule has 0 radical (unpaired) electrons. The highest BCUT2D eigenvalue weighted by molar-refractivity contribution is 7.47. The van der Waals surface area contributed by atoms with Crippen LogP contribution in [0.4, 0.5) is 0 Å². The molecule has 10 heterocycles. The molecule has 10 aliphatic heterocycles. The first-order valence-electron chi connectivity index (χ1n) is 47.0. The minimum Gasteiger partial charge on any atom is -0.394 e. The molecule has 0 aromatic rings. The van der Waals surface area contributed by atoms with Crippen molar-refractivity contribution in [1.82, 2.24) is 31.9 Å². The summed E-state index contributed by atoms with van der Waals surface area (Å²) in [6.07, 6.45) is -111. The zero-order chi connectivity index (χ0) is 110. The van der Waals surface area contributed by atoms with Gasteiger partial charge in [-0.05, 0) is 6.92 Å². The van der Waals surface area contributed by atoms with Crippen LogP contribution in [-0.2, 0) is 132 Å². The molecular weight excluding hydrogens is 2050 g/mol. The molecule has 2 unspecified atom stereocenters. The summed E-state index contributed by atoms with van der Waals surface area (Å²) in [5.41, 5.74) is 0. The Hall–Kier alpha value is -4.62. The maximum absolute atomic E-state index is 13.7. The number of aliphatic hydroxyl groups excluding tert-OH is 31. The maximum atomic E-state index is 13.7. The summed E-state index contributed by atoms with van der Waals surface area (Å²) in [6.45, 7) is -10.4. The Bertz CT molecular complexity index is 4100. The number of amides is 5. The number of carbonyl (C=O) groups is 5. The Morgan fingerprint density at radius 2 is 0.655 bits per heavy atom. The average molecular weight is 2190 g/mol. The fourth-order valence-corrected chi connectivity index (χ4v) is 18.8. The minimum absolute atomic E-state index is 0.467. The molecule has 148 heavy (non-hydrogen) atoms. The number of phosphoric acid groups is 1. The van der Waals surface area contributed by atoms with Crippen molar-refractivity contribution >= 4 is 37.4 Å². The Labute approximate surface area is 839 Å². The topological polar surface area (TPSA) is 1030 Å². The molecular formula is C81H141N6O60P. The predicted molar refractivity (Wildman–Crippen MR) is 462 cm³/mol. The Morgan fingerprint density at radius 1 is 0.318 bits per heavy atom. The molecule has 10 aliphatic rings. The van der Waals surface area contributed by atoms with Gasteiger partial charge in [0, 0.05) is 47.7 Å². The molecule has 67 heteroatoms.